The van der Waals surface area contributed by atoms with Crippen molar-refractivity contribution < 1.29 is 0 Å². The molecular formula is C15H32N2. The number of likely N-dealkylation sites (tertiary alicyclic amines) is 1. The van der Waals surface area contributed by atoms with Crippen molar-refractivity contribution in [2.24, 2.45) is 11.8 Å². The van der Waals surface area contributed by atoms with E-state index in [0.717, 1.165) is 18.4 Å². The van der Waals surface area contributed by atoms with Crippen LogP contribution < -0.4 is 5.32 Å². The molecule has 3 unspecified atom stereocenters. The number of hydrogen-bond donors (Lipinski definition) is 1. The van der Waals surface area contributed by atoms with Gasteiger partial charge in [-0.05, 0) is 37.8 Å². The molecule has 3 atom stereocenters. The second-order valence-corrected chi connectivity index (χ2v) is 5.75. The SMILES string of the molecule is CCCC1CCN(CC(NCC)C(C)CC)C1. The molecule has 2 nitrogen and oxygen atoms in total. The second kappa shape index (κ2) is 8.10. The van der Waals surface area contributed by atoms with Crippen LogP contribution in [0.1, 0.15) is 53.4 Å². The smallest absolute Gasteiger partial charge is 0.0220 e. The largest absolute Gasteiger partial charge is 0.313 e. The van der Waals surface area contributed by atoms with Crippen LogP contribution in [0.5, 0.6) is 0 Å². The highest BCUT2D eigenvalue weighted by Crippen LogP contribution is 2.22. The Morgan fingerprint density at radius 2 is 2.06 bits per heavy atom. The van der Waals surface area contributed by atoms with Crippen molar-refractivity contribution in [2.45, 2.75) is 59.4 Å². The Labute approximate surface area is 108 Å². The van der Waals surface area contributed by atoms with Crippen LogP contribution in [0.2, 0.25) is 0 Å². The average Bonchev–Trinajstić information content (AvgIpc) is 2.76. The number of likely N-dealkylation sites (N-methyl/N-ethyl adjacent to an activating group) is 1. The van der Waals surface area contributed by atoms with Gasteiger partial charge in [-0.3, -0.25) is 0 Å². The summed E-state index contributed by atoms with van der Waals surface area (Å²) >= 11 is 0. The van der Waals surface area contributed by atoms with Gasteiger partial charge in [-0.25, -0.2) is 0 Å². The lowest BCUT2D eigenvalue weighted by Crippen LogP contribution is -2.44. The Morgan fingerprint density at radius 3 is 2.65 bits per heavy atom. The minimum absolute atomic E-state index is 0.686. The first kappa shape index (κ1) is 15.0. The van der Waals surface area contributed by atoms with Crippen molar-refractivity contribution in [3.8, 4) is 0 Å². The number of nitrogens with one attached hydrogen (secondary N) is 1. The van der Waals surface area contributed by atoms with Gasteiger partial charge in [0, 0.05) is 19.1 Å². The Hall–Kier alpha value is -0.0800. The summed E-state index contributed by atoms with van der Waals surface area (Å²) in [4.78, 5) is 2.68. The Kier molecular flexibility index (Phi) is 7.14. The summed E-state index contributed by atoms with van der Waals surface area (Å²) in [5.74, 6) is 1.76. The van der Waals surface area contributed by atoms with Crippen LogP contribution in [0.4, 0.5) is 0 Å². The fourth-order valence-electron chi connectivity index (χ4n) is 2.99. The van der Waals surface area contributed by atoms with Gasteiger partial charge in [0.1, 0.15) is 0 Å². The highest BCUT2D eigenvalue weighted by Gasteiger charge is 2.25. The number of hydrogen-bond acceptors (Lipinski definition) is 2. The maximum atomic E-state index is 3.67. The normalized spacial score (nSPS) is 25.1. The van der Waals surface area contributed by atoms with Crippen molar-refractivity contribution in [1.29, 1.82) is 0 Å². The van der Waals surface area contributed by atoms with Crippen LogP contribution in [0.15, 0.2) is 0 Å². The van der Waals surface area contributed by atoms with E-state index in [-0.39, 0.29) is 0 Å². The average molecular weight is 240 g/mol. The van der Waals surface area contributed by atoms with Gasteiger partial charge in [-0.2, -0.15) is 0 Å². The fourth-order valence-corrected chi connectivity index (χ4v) is 2.99. The van der Waals surface area contributed by atoms with Gasteiger partial charge in [0.2, 0.25) is 0 Å². The molecule has 0 aromatic carbocycles. The summed E-state index contributed by atoms with van der Waals surface area (Å²) in [6.07, 6.45) is 5.48. The monoisotopic (exact) mass is 240 g/mol. The van der Waals surface area contributed by atoms with E-state index in [9.17, 15) is 0 Å². The molecule has 1 saturated heterocycles. The Bertz CT molecular complexity index is 193. The molecule has 0 aromatic rings. The lowest BCUT2D eigenvalue weighted by atomic mass is 9.98. The van der Waals surface area contributed by atoms with Crippen molar-refractivity contribution in [3.05, 3.63) is 0 Å². The third-order valence-electron chi connectivity index (χ3n) is 4.32. The van der Waals surface area contributed by atoms with Crippen molar-refractivity contribution in [1.82, 2.24) is 10.2 Å². The molecule has 0 amide bonds. The molecule has 1 aliphatic rings. The van der Waals surface area contributed by atoms with Crippen LogP contribution >= 0.6 is 0 Å². The maximum Gasteiger partial charge on any atom is 0.0220 e. The molecule has 0 aromatic heterocycles. The first-order chi connectivity index (χ1) is 8.21. The van der Waals surface area contributed by atoms with Crippen LogP contribution in [-0.2, 0) is 0 Å². The summed E-state index contributed by atoms with van der Waals surface area (Å²) in [7, 11) is 0. The zero-order chi connectivity index (χ0) is 12.7. The first-order valence-corrected chi connectivity index (χ1v) is 7.66. The molecule has 1 N–H and O–H groups in total. The molecule has 0 spiro atoms. The molecular weight excluding hydrogens is 208 g/mol. The predicted molar refractivity (Wildman–Crippen MR) is 76.4 cm³/mol. The van der Waals surface area contributed by atoms with E-state index in [0.29, 0.717) is 6.04 Å². The summed E-state index contributed by atoms with van der Waals surface area (Å²) in [5.41, 5.74) is 0. The molecule has 1 fully saturated rings. The van der Waals surface area contributed by atoms with Gasteiger partial charge < -0.3 is 10.2 Å². The molecule has 0 radical (unpaired) electrons. The molecule has 17 heavy (non-hydrogen) atoms. The maximum absolute atomic E-state index is 3.67. The van der Waals surface area contributed by atoms with E-state index in [4.69, 9.17) is 0 Å². The molecule has 0 bridgehead atoms. The van der Waals surface area contributed by atoms with Crippen LogP contribution in [0.25, 0.3) is 0 Å². The van der Waals surface area contributed by atoms with E-state index in [1.54, 1.807) is 0 Å². The van der Waals surface area contributed by atoms with Crippen LogP contribution in [-0.4, -0.2) is 37.1 Å². The molecule has 2 heteroatoms. The van der Waals surface area contributed by atoms with Crippen molar-refractivity contribution >= 4 is 0 Å². The Morgan fingerprint density at radius 1 is 1.29 bits per heavy atom. The van der Waals surface area contributed by atoms with Gasteiger partial charge in [-0.1, -0.05) is 40.5 Å². The van der Waals surface area contributed by atoms with E-state index in [2.05, 4.69) is 37.9 Å². The van der Waals surface area contributed by atoms with Gasteiger partial charge in [0.15, 0.2) is 0 Å². The van der Waals surface area contributed by atoms with E-state index < -0.39 is 0 Å². The minimum Gasteiger partial charge on any atom is -0.313 e. The molecule has 0 aliphatic carbocycles. The second-order valence-electron chi connectivity index (χ2n) is 5.75. The lowest BCUT2D eigenvalue weighted by Gasteiger charge is -2.28. The quantitative estimate of drug-likeness (QED) is 0.701. The van der Waals surface area contributed by atoms with E-state index in [1.165, 1.54) is 45.3 Å². The summed E-state index contributed by atoms with van der Waals surface area (Å²) in [6, 6.07) is 0.686. The van der Waals surface area contributed by atoms with Crippen LogP contribution in [0, 0.1) is 11.8 Å². The fraction of sp³-hybridized carbons (Fsp3) is 1.00. The van der Waals surface area contributed by atoms with Gasteiger partial charge in [0.05, 0.1) is 0 Å². The van der Waals surface area contributed by atoms with Gasteiger partial charge in [-0.15, -0.1) is 0 Å². The number of rotatable bonds is 8. The lowest BCUT2D eigenvalue weighted by molar-refractivity contribution is 0.239. The summed E-state index contributed by atoms with van der Waals surface area (Å²) < 4.78 is 0. The van der Waals surface area contributed by atoms with Gasteiger partial charge >= 0.3 is 0 Å². The standard InChI is InChI=1S/C15H32N2/c1-5-8-14-9-10-17(11-14)12-15(16-7-3)13(4)6-2/h13-16H,5-12H2,1-4H3. The molecule has 0 saturated carbocycles. The minimum atomic E-state index is 0.686. The van der Waals surface area contributed by atoms with Crippen molar-refractivity contribution in [2.75, 3.05) is 26.2 Å². The molecule has 1 heterocycles. The van der Waals surface area contributed by atoms with Gasteiger partial charge in [0.25, 0.3) is 0 Å². The van der Waals surface area contributed by atoms with Crippen molar-refractivity contribution in [3.63, 3.8) is 0 Å². The highest BCUT2D eigenvalue weighted by molar-refractivity contribution is 4.82. The summed E-state index contributed by atoms with van der Waals surface area (Å²) in [5, 5.41) is 3.67. The van der Waals surface area contributed by atoms with Crippen LogP contribution in [0.3, 0.4) is 0 Å². The topological polar surface area (TPSA) is 15.3 Å². The van der Waals surface area contributed by atoms with E-state index in [1.807, 2.05) is 0 Å². The Balaban J connectivity index is 2.35. The number of nitrogens with zero attached hydrogens (tertiary/aromatic N) is 1. The highest BCUT2D eigenvalue weighted by atomic mass is 15.2. The summed E-state index contributed by atoms with van der Waals surface area (Å²) in [6.45, 7) is 14.2. The molecule has 1 aliphatic heterocycles. The molecule has 1 rings (SSSR count). The third-order valence-corrected chi connectivity index (χ3v) is 4.32. The molecule has 102 valence electrons. The zero-order valence-corrected chi connectivity index (χ0v) is 12.3. The van der Waals surface area contributed by atoms with E-state index >= 15 is 0 Å². The zero-order valence-electron chi connectivity index (χ0n) is 12.3. The third kappa shape index (κ3) is 4.97. The first-order valence-electron chi connectivity index (χ1n) is 7.66. The predicted octanol–water partition coefficient (Wildman–Crippen LogP) is 3.13.